The molecule has 0 radical (unpaired) electrons. The monoisotopic (exact) mass is 627 g/mol. The van der Waals surface area contributed by atoms with E-state index in [2.05, 4.69) is 40.2 Å². The number of fused-ring (bicyclic) bond motifs is 2. The quantitative estimate of drug-likeness (QED) is 0.204. The van der Waals surface area contributed by atoms with Crippen LogP contribution in [0.3, 0.4) is 0 Å². The third-order valence-corrected chi connectivity index (χ3v) is 8.95. The molecule has 1 aliphatic carbocycles. The zero-order valence-corrected chi connectivity index (χ0v) is 26.3. The number of carbonyl (C=O) groups excluding carboxylic acids is 1. The van der Waals surface area contributed by atoms with Crippen molar-refractivity contribution >= 4 is 28.8 Å². The first-order valence-corrected chi connectivity index (χ1v) is 16.1. The Hall–Kier alpha value is -4.10. The van der Waals surface area contributed by atoms with Crippen LogP contribution in [0.1, 0.15) is 63.3 Å². The Morgan fingerprint density at radius 1 is 1.02 bits per heavy atom. The molecule has 242 valence electrons. The molecule has 0 unspecified atom stereocenters. The van der Waals surface area contributed by atoms with Gasteiger partial charge in [0.2, 0.25) is 5.95 Å². The first kappa shape index (κ1) is 30.5. The molecule has 2 aromatic carbocycles. The summed E-state index contributed by atoms with van der Waals surface area (Å²) >= 11 is 0. The topological polar surface area (TPSA) is 145 Å². The van der Waals surface area contributed by atoms with Crippen LogP contribution in [0.2, 0.25) is 0 Å². The number of hydrogen-bond acceptors (Lipinski definition) is 10. The summed E-state index contributed by atoms with van der Waals surface area (Å²) in [5, 5.41) is 20.1. The average Bonchev–Trinajstić information content (AvgIpc) is 3.81. The molecule has 3 aliphatic rings. The zero-order valence-electron chi connectivity index (χ0n) is 26.3. The molecule has 12 nitrogen and oxygen atoms in total. The molecule has 4 aromatic rings. The third-order valence-electron chi connectivity index (χ3n) is 8.95. The van der Waals surface area contributed by atoms with Gasteiger partial charge in [-0.05, 0) is 51.2 Å². The standard InChI is InChI=1S/C34H41N7O5/c1-4-35-31(43)27-26-28(46-34(2,3)45-26)32(44-27)41-19-37-25-29(39-33(40-30(25)41)38-22-15-16-23(42)17-22)36-18-24(20-11-7-5-8-12-20)21-13-9-6-10-14-21/h5-14,19,22-24,26-28,32,42H,4,15-18H2,1-3H3,(H,35,43)(H2,36,38,39,40)/t22-,23-,26-,27+,28-,32+/m1/s1. The van der Waals surface area contributed by atoms with Crippen molar-refractivity contribution in [2.45, 2.75) is 88.4 Å². The van der Waals surface area contributed by atoms with E-state index in [4.69, 9.17) is 29.2 Å². The predicted molar refractivity (Wildman–Crippen MR) is 172 cm³/mol. The number of imidazole rings is 1. The number of benzene rings is 2. The molecule has 2 saturated heterocycles. The molecule has 12 heteroatoms. The van der Waals surface area contributed by atoms with Crippen LogP contribution in [0.5, 0.6) is 0 Å². The Kier molecular flexibility index (Phi) is 8.36. The summed E-state index contributed by atoms with van der Waals surface area (Å²) in [7, 11) is 0. The Labute approximate surface area is 267 Å². The number of carbonyl (C=O) groups is 1. The minimum Gasteiger partial charge on any atom is -0.393 e. The van der Waals surface area contributed by atoms with Gasteiger partial charge in [-0.1, -0.05) is 60.7 Å². The summed E-state index contributed by atoms with van der Waals surface area (Å²) in [6, 6.07) is 20.8. The minimum absolute atomic E-state index is 0.0413. The number of likely N-dealkylation sites (N-methyl/N-ethyl adjacent to an activating group) is 1. The highest BCUT2D eigenvalue weighted by Crippen LogP contribution is 2.44. The lowest BCUT2D eigenvalue weighted by molar-refractivity contribution is -0.197. The molecule has 0 spiro atoms. The third kappa shape index (κ3) is 6.05. The number of anilines is 2. The molecular formula is C34H41N7O5. The second kappa shape index (κ2) is 12.6. The summed E-state index contributed by atoms with van der Waals surface area (Å²) in [6.07, 6.45) is 0.753. The van der Waals surface area contributed by atoms with Crippen LogP contribution in [0.15, 0.2) is 67.0 Å². The van der Waals surface area contributed by atoms with E-state index in [1.165, 1.54) is 11.1 Å². The summed E-state index contributed by atoms with van der Waals surface area (Å²) in [5.74, 6) is -0.0947. The van der Waals surface area contributed by atoms with Crippen LogP contribution in [0.25, 0.3) is 11.2 Å². The molecule has 3 fully saturated rings. The van der Waals surface area contributed by atoms with Crippen LogP contribution in [0, 0.1) is 0 Å². The Morgan fingerprint density at radius 3 is 2.37 bits per heavy atom. The van der Waals surface area contributed by atoms with Crippen molar-refractivity contribution in [3.8, 4) is 0 Å². The van der Waals surface area contributed by atoms with Gasteiger partial charge in [0.15, 0.2) is 35.1 Å². The van der Waals surface area contributed by atoms with E-state index < -0.39 is 30.3 Å². The fraction of sp³-hybridized carbons (Fsp3) is 0.471. The molecule has 46 heavy (non-hydrogen) atoms. The Bertz CT molecular complexity index is 1630. The van der Waals surface area contributed by atoms with Gasteiger partial charge in [0, 0.05) is 25.0 Å². The summed E-state index contributed by atoms with van der Waals surface area (Å²) < 4.78 is 20.6. The van der Waals surface area contributed by atoms with E-state index in [9.17, 15) is 9.90 Å². The zero-order chi connectivity index (χ0) is 31.8. The SMILES string of the molecule is CCNC(=O)[C@H]1O[C@H](n2cnc3c(NCC(c4ccccc4)c4ccccc4)nc(N[C@@H]4CC[C@@H](O)C4)nc32)[C@@H]2OC(C)(C)O[C@@H]21. The smallest absolute Gasteiger partial charge is 0.252 e. The molecule has 1 saturated carbocycles. The van der Waals surface area contributed by atoms with Crippen LogP contribution in [0.4, 0.5) is 11.8 Å². The van der Waals surface area contributed by atoms with Crippen LogP contribution >= 0.6 is 0 Å². The largest absolute Gasteiger partial charge is 0.393 e. The van der Waals surface area contributed by atoms with Crippen LogP contribution in [-0.4, -0.2) is 79.9 Å². The highest BCUT2D eigenvalue weighted by Gasteiger charge is 2.58. The van der Waals surface area contributed by atoms with Crippen molar-refractivity contribution < 1.29 is 24.1 Å². The summed E-state index contributed by atoms with van der Waals surface area (Å²) in [4.78, 5) is 27.6. The fourth-order valence-electron chi connectivity index (χ4n) is 6.85. The maximum Gasteiger partial charge on any atom is 0.252 e. The number of ether oxygens (including phenoxy) is 3. The van der Waals surface area contributed by atoms with E-state index in [0.29, 0.717) is 42.4 Å². The van der Waals surface area contributed by atoms with Crippen molar-refractivity contribution in [3.63, 3.8) is 0 Å². The van der Waals surface area contributed by atoms with Gasteiger partial charge in [0.25, 0.3) is 5.91 Å². The van der Waals surface area contributed by atoms with Gasteiger partial charge in [-0.15, -0.1) is 0 Å². The maximum absolute atomic E-state index is 13.0. The summed E-state index contributed by atoms with van der Waals surface area (Å²) in [5.41, 5.74) is 3.45. The maximum atomic E-state index is 13.0. The first-order chi connectivity index (χ1) is 22.3. The average molecular weight is 628 g/mol. The van der Waals surface area contributed by atoms with Crippen molar-refractivity contribution in [2.24, 2.45) is 0 Å². The Morgan fingerprint density at radius 2 is 1.72 bits per heavy atom. The number of rotatable bonds is 10. The van der Waals surface area contributed by atoms with Crippen molar-refractivity contribution in [2.75, 3.05) is 23.7 Å². The molecule has 2 aliphatic heterocycles. The minimum atomic E-state index is -0.889. The van der Waals surface area contributed by atoms with E-state index in [1.54, 1.807) is 6.33 Å². The molecular weight excluding hydrogens is 586 g/mol. The van der Waals surface area contributed by atoms with E-state index in [0.717, 1.165) is 12.8 Å². The van der Waals surface area contributed by atoms with Gasteiger partial charge in [0.05, 0.1) is 12.4 Å². The van der Waals surface area contributed by atoms with Crippen LogP contribution < -0.4 is 16.0 Å². The molecule has 2 aromatic heterocycles. The van der Waals surface area contributed by atoms with Crippen LogP contribution in [-0.2, 0) is 19.0 Å². The van der Waals surface area contributed by atoms with E-state index in [-0.39, 0.29) is 24.0 Å². The number of amides is 1. The lowest BCUT2D eigenvalue weighted by Gasteiger charge is -2.24. The van der Waals surface area contributed by atoms with Crippen molar-refractivity contribution in [1.29, 1.82) is 0 Å². The van der Waals surface area contributed by atoms with Gasteiger partial charge in [-0.25, -0.2) is 4.98 Å². The van der Waals surface area contributed by atoms with Gasteiger partial charge in [-0.2, -0.15) is 9.97 Å². The fourth-order valence-corrected chi connectivity index (χ4v) is 6.85. The van der Waals surface area contributed by atoms with Crippen molar-refractivity contribution in [1.82, 2.24) is 24.8 Å². The van der Waals surface area contributed by atoms with E-state index in [1.807, 2.05) is 61.7 Å². The number of nitrogens with one attached hydrogen (secondary N) is 3. The predicted octanol–water partition coefficient (Wildman–Crippen LogP) is 3.95. The molecule has 7 rings (SSSR count). The molecule has 4 heterocycles. The number of aliphatic hydroxyl groups excluding tert-OH is 1. The lowest BCUT2D eigenvalue weighted by Crippen LogP contribution is -2.42. The van der Waals surface area contributed by atoms with E-state index >= 15 is 0 Å². The van der Waals surface area contributed by atoms with Crippen molar-refractivity contribution in [3.05, 3.63) is 78.1 Å². The number of nitrogens with zero attached hydrogens (tertiary/aromatic N) is 4. The van der Waals surface area contributed by atoms with Gasteiger partial charge in [-0.3, -0.25) is 9.36 Å². The number of aromatic nitrogens is 4. The number of hydrogen-bond donors (Lipinski definition) is 4. The van der Waals surface area contributed by atoms with Gasteiger partial charge in [0.1, 0.15) is 12.2 Å². The molecule has 0 bridgehead atoms. The molecule has 1 amide bonds. The highest BCUT2D eigenvalue weighted by atomic mass is 16.8. The summed E-state index contributed by atoms with van der Waals surface area (Å²) in [6.45, 7) is 6.57. The second-order valence-corrected chi connectivity index (χ2v) is 12.7. The van der Waals surface area contributed by atoms with Gasteiger partial charge < -0.3 is 35.3 Å². The number of aliphatic hydroxyl groups is 1. The normalized spacial score (nSPS) is 26.8. The molecule has 6 atom stereocenters. The molecule has 4 N–H and O–H groups in total. The first-order valence-electron chi connectivity index (χ1n) is 16.1. The second-order valence-electron chi connectivity index (χ2n) is 12.7. The highest BCUT2D eigenvalue weighted by molar-refractivity contribution is 5.85. The Balaban J connectivity index is 1.25. The van der Waals surface area contributed by atoms with Gasteiger partial charge >= 0.3 is 0 Å². The lowest BCUT2D eigenvalue weighted by atomic mass is 9.91.